The molecule has 0 atom stereocenters. The molecular weight excluding hydrogens is 454 g/mol. The highest BCUT2D eigenvalue weighted by atomic mass is 16.7. The predicted molar refractivity (Wildman–Crippen MR) is 129 cm³/mol. The van der Waals surface area contributed by atoms with Crippen LogP contribution >= 0.6 is 0 Å². The summed E-state index contributed by atoms with van der Waals surface area (Å²) in [5.74, 6) is 3.06. The van der Waals surface area contributed by atoms with E-state index in [1.165, 1.54) is 14.2 Å². The lowest BCUT2D eigenvalue weighted by Gasteiger charge is -2.17. The number of hydrogen-bond acceptors (Lipinski definition) is 10. The number of aromatic nitrogens is 2. The number of fused-ring (bicyclic) bond motifs is 2. The Balaban J connectivity index is 1.81. The molecule has 1 N–H and O–H groups in total. The first kappa shape index (κ1) is 23.9. The normalized spacial score (nSPS) is 12.4. The molecule has 10 heteroatoms. The van der Waals surface area contributed by atoms with Crippen LogP contribution in [0.4, 0.5) is 5.82 Å². The van der Waals surface area contributed by atoms with Gasteiger partial charge in [0, 0.05) is 12.1 Å². The summed E-state index contributed by atoms with van der Waals surface area (Å²) in [4.78, 5) is 21.5. The number of carbonyl (C=O) groups is 1. The number of nitrogens with one attached hydrogen (secondary N) is 1. The average molecular weight is 482 g/mol. The molecule has 2 aromatic carbocycles. The van der Waals surface area contributed by atoms with Crippen LogP contribution in [0, 0.1) is 0 Å². The quantitative estimate of drug-likeness (QED) is 0.356. The lowest BCUT2D eigenvalue weighted by molar-refractivity contribution is -0.138. The van der Waals surface area contributed by atoms with Crippen molar-refractivity contribution in [3.05, 3.63) is 41.2 Å². The summed E-state index contributed by atoms with van der Waals surface area (Å²) < 4.78 is 32.6. The second kappa shape index (κ2) is 10.4. The fraction of sp³-hybridized carbons (Fsp3) is 0.320. The zero-order valence-corrected chi connectivity index (χ0v) is 20.3. The fourth-order valence-corrected chi connectivity index (χ4v) is 3.68. The van der Waals surface area contributed by atoms with Gasteiger partial charge in [0.05, 0.1) is 33.3 Å². The molecule has 10 nitrogen and oxygen atoms in total. The van der Waals surface area contributed by atoms with Crippen molar-refractivity contribution in [3.8, 4) is 28.7 Å². The number of hydrogen-bond donors (Lipinski definition) is 1. The number of esters is 1. The van der Waals surface area contributed by atoms with Gasteiger partial charge in [-0.15, -0.1) is 0 Å². The minimum Gasteiger partial charge on any atom is -0.493 e. The molecule has 0 radical (unpaired) electrons. The van der Waals surface area contributed by atoms with Crippen LogP contribution < -0.4 is 29.0 Å². The van der Waals surface area contributed by atoms with Gasteiger partial charge >= 0.3 is 5.97 Å². The van der Waals surface area contributed by atoms with Crippen LogP contribution in [0.1, 0.15) is 25.2 Å². The molecular formula is C25H27N3O7. The molecule has 0 unspecified atom stereocenters. The van der Waals surface area contributed by atoms with Gasteiger partial charge in [0.25, 0.3) is 0 Å². The second-order valence-electron chi connectivity index (χ2n) is 7.56. The number of rotatable bonds is 9. The van der Waals surface area contributed by atoms with Gasteiger partial charge in [-0.25, -0.2) is 14.8 Å². The van der Waals surface area contributed by atoms with Crippen molar-refractivity contribution in [3.63, 3.8) is 0 Å². The van der Waals surface area contributed by atoms with Gasteiger partial charge in [-0.3, -0.25) is 0 Å². The van der Waals surface area contributed by atoms with Crippen molar-refractivity contribution in [1.82, 2.24) is 9.97 Å². The van der Waals surface area contributed by atoms with E-state index in [1.54, 1.807) is 33.1 Å². The SMILES string of the molecule is CCOC(=O)C(C)=Cc1nc(NCc2ccc3c(c2)OCO3)c2cc(OC)c(OC)c(OC)c2n1. The summed E-state index contributed by atoms with van der Waals surface area (Å²) in [6.07, 6.45) is 1.57. The maximum Gasteiger partial charge on any atom is 0.333 e. The van der Waals surface area contributed by atoms with Crippen LogP contribution in [0.2, 0.25) is 0 Å². The highest BCUT2D eigenvalue weighted by Crippen LogP contribution is 2.44. The van der Waals surface area contributed by atoms with Crippen molar-refractivity contribution in [1.29, 1.82) is 0 Å². The molecule has 0 amide bonds. The first-order valence-electron chi connectivity index (χ1n) is 11.0. The topological polar surface area (TPSA) is 110 Å². The summed E-state index contributed by atoms with van der Waals surface area (Å²) in [6.45, 7) is 4.33. The summed E-state index contributed by atoms with van der Waals surface area (Å²) in [7, 11) is 4.60. The maximum absolute atomic E-state index is 12.2. The van der Waals surface area contributed by atoms with Crippen LogP contribution in [-0.4, -0.2) is 50.7 Å². The van der Waals surface area contributed by atoms with E-state index >= 15 is 0 Å². The van der Waals surface area contributed by atoms with Gasteiger partial charge in [0.1, 0.15) is 11.3 Å². The van der Waals surface area contributed by atoms with E-state index in [1.807, 2.05) is 18.2 Å². The van der Waals surface area contributed by atoms with E-state index in [9.17, 15) is 4.79 Å². The van der Waals surface area contributed by atoms with E-state index in [0.717, 1.165) is 5.56 Å². The molecule has 35 heavy (non-hydrogen) atoms. The lowest BCUT2D eigenvalue weighted by atomic mass is 10.1. The third-order valence-corrected chi connectivity index (χ3v) is 5.35. The van der Waals surface area contributed by atoms with Crippen LogP contribution in [0.25, 0.3) is 17.0 Å². The Hall–Kier alpha value is -4.21. The molecule has 0 fully saturated rings. The van der Waals surface area contributed by atoms with Crippen LogP contribution in [0.15, 0.2) is 29.8 Å². The third kappa shape index (κ3) is 4.86. The van der Waals surface area contributed by atoms with Crippen molar-refractivity contribution in [2.24, 2.45) is 0 Å². The molecule has 3 aromatic rings. The van der Waals surface area contributed by atoms with E-state index in [4.69, 9.17) is 28.4 Å². The summed E-state index contributed by atoms with van der Waals surface area (Å²) in [5, 5.41) is 4.02. The van der Waals surface area contributed by atoms with Crippen LogP contribution in [0.5, 0.6) is 28.7 Å². The van der Waals surface area contributed by atoms with Gasteiger partial charge < -0.3 is 33.7 Å². The largest absolute Gasteiger partial charge is 0.493 e. The summed E-state index contributed by atoms with van der Waals surface area (Å²) in [5.41, 5.74) is 1.83. The first-order chi connectivity index (χ1) is 17.0. The highest BCUT2D eigenvalue weighted by Gasteiger charge is 2.21. The van der Waals surface area contributed by atoms with E-state index in [-0.39, 0.29) is 13.4 Å². The molecule has 1 aliphatic rings. The number of ether oxygens (including phenoxy) is 6. The first-order valence-corrected chi connectivity index (χ1v) is 11.0. The lowest BCUT2D eigenvalue weighted by Crippen LogP contribution is -2.08. The van der Waals surface area contributed by atoms with Gasteiger partial charge in [0.2, 0.25) is 12.5 Å². The second-order valence-corrected chi connectivity index (χ2v) is 7.56. The highest BCUT2D eigenvalue weighted by molar-refractivity contribution is 5.98. The molecule has 2 heterocycles. The van der Waals surface area contributed by atoms with Crippen molar-refractivity contribution in [2.45, 2.75) is 20.4 Å². The van der Waals surface area contributed by atoms with Gasteiger partial charge in [-0.1, -0.05) is 6.07 Å². The minimum absolute atomic E-state index is 0.208. The van der Waals surface area contributed by atoms with Gasteiger partial charge in [-0.05, 0) is 43.7 Å². The van der Waals surface area contributed by atoms with E-state index in [2.05, 4.69) is 15.3 Å². The molecule has 4 rings (SSSR count). The van der Waals surface area contributed by atoms with E-state index < -0.39 is 5.97 Å². The van der Waals surface area contributed by atoms with E-state index in [0.29, 0.717) is 63.4 Å². The summed E-state index contributed by atoms with van der Waals surface area (Å²) in [6, 6.07) is 7.50. The molecule has 184 valence electrons. The Labute approximate surface area is 202 Å². The van der Waals surface area contributed by atoms with Crippen molar-refractivity contribution < 1.29 is 33.2 Å². The Bertz CT molecular complexity index is 1290. The number of carbonyl (C=O) groups excluding carboxylic acids is 1. The molecule has 0 bridgehead atoms. The fourth-order valence-electron chi connectivity index (χ4n) is 3.68. The molecule has 1 aromatic heterocycles. The maximum atomic E-state index is 12.2. The number of benzene rings is 2. The zero-order chi connectivity index (χ0) is 24.9. The standard InChI is InChI=1S/C25H27N3O7/c1-6-33-25(29)14(2)9-20-27-21-16(11-19(30-3)22(31-4)23(21)32-5)24(28-20)26-12-15-7-8-17-18(10-15)35-13-34-17/h7-11H,6,12-13H2,1-5H3,(H,26,27,28). The molecule has 0 saturated heterocycles. The Morgan fingerprint density at radius 1 is 1.06 bits per heavy atom. The number of anilines is 1. The van der Waals surface area contributed by atoms with Crippen molar-refractivity contribution in [2.75, 3.05) is 40.0 Å². The van der Waals surface area contributed by atoms with Gasteiger partial charge in [-0.2, -0.15) is 0 Å². The summed E-state index contributed by atoms with van der Waals surface area (Å²) >= 11 is 0. The Morgan fingerprint density at radius 2 is 1.83 bits per heavy atom. The average Bonchev–Trinajstić information content (AvgIpc) is 3.34. The smallest absolute Gasteiger partial charge is 0.333 e. The molecule has 0 saturated carbocycles. The molecule has 0 spiro atoms. The minimum atomic E-state index is -0.439. The number of nitrogens with zero attached hydrogens (tertiary/aromatic N) is 2. The predicted octanol–water partition coefficient (Wildman–Crippen LogP) is 3.96. The van der Waals surface area contributed by atoms with Crippen LogP contribution in [-0.2, 0) is 16.1 Å². The van der Waals surface area contributed by atoms with Gasteiger partial charge in [0.15, 0.2) is 28.8 Å². The third-order valence-electron chi connectivity index (χ3n) is 5.35. The molecule has 0 aliphatic carbocycles. The zero-order valence-electron chi connectivity index (χ0n) is 20.3. The number of methoxy groups -OCH3 is 3. The van der Waals surface area contributed by atoms with Crippen LogP contribution in [0.3, 0.4) is 0 Å². The Kier molecular flexibility index (Phi) is 7.09. The molecule has 1 aliphatic heterocycles. The monoisotopic (exact) mass is 481 g/mol. The Morgan fingerprint density at radius 3 is 2.54 bits per heavy atom. The van der Waals surface area contributed by atoms with Crippen molar-refractivity contribution >= 4 is 28.8 Å².